The van der Waals surface area contributed by atoms with Crippen molar-refractivity contribution in [3.63, 3.8) is 0 Å². The smallest absolute Gasteiger partial charge is 0.152 e. The van der Waals surface area contributed by atoms with Crippen molar-refractivity contribution in [2.45, 2.75) is 38.6 Å². The fourth-order valence-electron chi connectivity index (χ4n) is 2.79. The van der Waals surface area contributed by atoms with E-state index in [1.807, 2.05) is 31.2 Å². The molecular weight excluding hydrogens is 258 g/mol. The molecule has 106 valence electrons. The van der Waals surface area contributed by atoms with E-state index >= 15 is 0 Å². The Labute approximate surface area is 116 Å². The summed E-state index contributed by atoms with van der Waals surface area (Å²) in [5, 5.41) is 0. The lowest BCUT2D eigenvalue weighted by atomic mass is 10.1. The van der Waals surface area contributed by atoms with E-state index in [0.29, 0.717) is 11.7 Å². The number of hydrogen-bond donors (Lipinski definition) is 1. The molecule has 1 atom stereocenters. The fourth-order valence-corrected chi connectivity index (χ4v) is 4.71. The number of benzene rings is 1. The van der Waals surface area contributed by atoms with Crippen LogP contribution in [0.15, 0.2) is 24.3 Å². The molecule has 0 heterocycles. The van der Waals surface area contributed by atoms with Gasteiger partial charge in [-0.2, -0.15) is 0 Å². The van der Waals surface area contributed by atoms with Crippen LogP contribution in [0.2, 0.25) is 0 Å². The Kier molecular flexibility index (Phi) is 4.63. The first-order valence-electron chi connectivity index (χ1n) is 6.99. The zero-order chi connectivity index (χ0) is 13.9. The summed E-state index contributed by atoms with van der Waals surface area (Å²) in [6.07, 6.45) is 4.45. The van der Waals surface area contributed by atoms with Gasteiger partial charge in [0.15, 0.2) is 9.84 Å². The molecule has 1 aromatic rings. The average Bonchev–Trinajstić information content (AvgIpc) is 2.81. The highest BCUT2D eigenvalue weighted by molar-refractivity contribution is 7.91. The molecule has 2 rings (SSSR count). The first-order chi connectivity index (χ1) is 8.96. The largest absolute Gasteiger partial charge is 0.323 e. The van der Waals surface area contributed by atoms with Gasteiger partial charge < -0.3 is 5.73 Å². The molecule has 0 aliphatic heterocycles. The Hall–Kier alpha value is -0.870. The molecule has 4 heteroatoms. The zero-order valence-electron chi connectivity index (χ0n) is 11.5. The van der Waals surface area contributed by atoms with E-state index in [9.17, 15) is 8.42 Å². The number of rotatable bonds is 5. The maximum Gasteiger partial charge on any atom is 0.152 e. The number of nitrogens with two attached hydrogens (primary N) is 1. The SMILES string of the molecule is Cc1ccc(C(N)CS(=O)(=O)CC2CCCC2)cc1. The normalized spacial score (nSPS) is 18.6. The van der Waals surface area contributed by atoms with Gasteiger partial charge in [0.1, 0.15) is 0 Å². The van der Waals surface area contributed by atoms with Crippen molar-refractivity contribution < 1.29 is 8.42 Å². The molecule has 1 aromatic carbocycles. The van der Waals surface area contributed by atoms with E-state index < -0.39 is 15.9 Å². The monoisotopic (exact) mass is 281 g/mol. The lowest BCUT2D eigenvalue weighted by molar-refractivity contribution is 0.554. The van der Waals surface area contributed by atoms with Crippen LogP contribution in [-0.4, -0.2) is 19.9 Å². The summed E-state index contributed by atoms with van der Waals surface area (Å²) >= 11 is 0. The third kappa shape index (κ3) is 4.32. The van der Waals surface area contributed by atoms with Crippen molar-refractivity contribution in [2.24, 2.45) is 11.7 Å². The Morgan fingerprint density at radius 2 is 1.79 bits per heavy atom. The van der Waals surface area contributed by atoms with Gasteiger partial charge in [0.25, 0.3) is 0 Å². The van der Waals surface area contributed by atoms with Crippen LogP contribution < -0.4 is 5.73 Å². The second kappa shape index (κ2) is 6.06. The molecule has 3 nitrogen and oxygen atoms in total. The van der Waals surface area contributed by atoms with Crippen molar-refractivity contribution in [3.8, 4) is 0 Å². The molecule has 19 heavy (non-hydrogen) atoms. The first-order valence-corrected chi connectivity index (χ1v) is 8.81. The van der Waals surface area contributed by atoms with E-state index in [1.54, 1.807) is 0 Å². The second-order valence-electron chi connectivity index (χ2n) is 5.74. The highest BCUT2D eigenvalue weighted by Crippen LogP contribution is 2.27. The maximum atomic E-state index is 12.2. The summed E-state index contributed by atoms with van der Waals surface area (Å²) in [6, 6.07) is 7.38. The number of hydrogen-bond acceptors (Lipinski definition) is 3. The number of aryl methyl sites for hydroxylation is 1. The van der Waals surface area contributed by atoms with Crippen LogP contribution in [-0.2, 0) is 9.84 Å². The Bertz CT molecular complexity index is 501. The van der Waals surface area contributed by atoms with Crippen LogP contribution in [0.25, 0.3) is 0 Å². The third-order valence-electron chi connectivity index (χ3n) is 3.90. The van der Waals surface area contributed by atoms with Gasteiger partial charge in [-0.15, -0.1) is 0 Å². The molecule has 0 saturated heterocycles. The van der Waals surface area contributed by atoms with Crippen LogP contribution in [0.3, 0.4) is 0 Å². The third-order valence-corrected chi connectivity index (χ3v) is 5.75. The Morgan fingerprint density at radius 1 is 1.21 bits per heavy atom. The van der Waals surface area contributed by atoms with Crippen LogP contribution in [0.1, 0.15) is 42.9 Å². The quantitative estimate of drug-likeness (QED) is 0.902. The van der Waals surface area contributed by atoms with Crippen molar-refractivity contribution in [3.05, 3.63) is 35.4 Å². The highest BCUT2D eigenvalue weighted by atomic mass is 32.2. The number of sulfone groups is 1. The summed E-state index contributed by atoms with van der Waals surface area (Å²) < 4.78 is 24.3. The van der Waals surface area contributed by atoms with Crippen molar-refractivity contribution in [1.29, 1.82) is 0 Å². The zero-order valence-corrected chi connectivity index (χ0v) is 12.3. The topological polar surface area (TPSA) is 60.2 Å². The maximum absolute atomic E-state index is 12.2. The van der Waals surface area contributed by atoms with Gasteiger partial charge in [-0.25, -0.2) is 8.42 Å². The van der Waals surface area contributed by atoms with Gasteiger partial charge in [-0.05, 0) is 31.2 Å². The Morgan fingerprint density at radius 3 is 2.37 bits per heavy atom. The van der Waals surface area contributed by atoms with E-state index in [0.717, 1.165) is 24.0 Å². The van der Waals surface area contributed by atoms with Crippen molar-refractivity contribution >= 4 is 9.84 Å². The molecule has 1 saturated carbocycles. The van der Waals surface area contributed by atoms with Crippen LogP contribution in [0.5, 0.6) is 0 Å². The van der Waals surface area contributed by atoms with Gasteiger partial charge in [-0.3, -0.25) is 0 Å². The molecule has 0 bridgehead atoms. The van der Waals surface area contributed by atoms with Gasteiger partial charge in [0.05, 0.1) is 11.5 Å². The summed E-state index contributed by atoms with van der Waals surface area (Å²) in [4.78, 5) is 0. The van der Waals surface area contributed by atoms with Gasteiger partial charge in [0, 0.05) is 6.04 Å². The molecular formula is C15H23NO2S. The minimum absolute atomic E-state index is 0.0621. The van der Waals surface area contributed by atoms with E-state index in [1.165, 1.54) is 12.8 Å². The summed E-state index contributed by atoms with van der Waals surface area (Å²) in [6.45, 7) is 2.01. The lowest BCUT2D eigenvalue weighted by Gasteiger charge is -2.15. The molecule has 1 aliphatic rings. The highest BCUT2D eigenvalue weighted by Gasteiger charge is 2.24. The minimum Gasteiger partial charge on any atom is -0.323 e. The standard InChI is InChI=1S/C15H23NO2S/c1-12-6-8-14(9-7-12)15(16)11-19(17,18)10-13-4-2-3-5-13/h6-9,13,15H,2-5,10-11,16H2,1H3. The average molecular weight is 281 g/mol. The summed E-state index contributed by atoms with van der Waals surface area (Å²) in [5.74, 6) is 0.731. The van der Waals surface area contributed by atoms with Gasteiger partial charge in [-0.1, -0.05) is 42.7 Å². The molecule has 0 amide bonds. The molecule has 0 spiro atoms. The predicted molar refractivity (Wildman–Crippen MR) is 78.7 cm³/mol. The van der Waals surface area contributed by atoms with E-state index in [-0.39, 0.29) is 5.75 Å². The molecule has 1 unspecified atom stereocenters. The fraction of sp³-hybridized carbons (Fsp3) is 0.600. The second-order valence-corrected chi connectivity index (χ2v) is 7.90. The van der Waals surface area contributed by atoms with E-state index in [2.05, 4.69) is 0 Å². The lowest BCUT2D eigenvalue weighted by Crippen LogP contribution is -2.25. The molecule has 1 aliphatic carbocycles. The van der Waals surface area contributed by atoms with E-state index in [4.69, 9.17) is 5.73 Å². The minimum atomic E-state index is -3.05. The molecule has 0 aromatic heterocycles. The summed E-state index contributed by atoms with van der Waals surface area (Å²) in [7, 11) is -3.05. The summed E-state index contributed by atoms with van der Waals surface area (Å²) in [5.41, 5.74) is 8.09. The van der Waals surface area contributed by atoms with Gasteiger partial charge >= 0.3 is 0 Å². The van der Waals surface area contributed by atoms with Crippen molar-refractivity contribution in [1.82, 2.24) is 0 Å². The molecule has 1 fully saturated rings. The molecule has 0 radical (unpaired) electrons. The Balaban J connectivity index is 1.96. The van der Waals surface area contributed by atoms with Gasteiger partial charge in [0.2, 0.25) is 0 Å². The van der Waals surface area contributed by atoms with Crippen molar-refractivity contribution in [2.75, 3.05) is 11.5 Å². The van der Waals surface area contributed by atoms with Crippen LogP contribution in [0.4, 0.5) is 0 Å². The molecule has 2 N–H and O–H groups in total. The predicted octanol–water partition coefficient (Wildman–Crippen LogP) is 2.60. The van der Waals surface area contributed by atoms with Crippen LogP contribution >= 0.6 is 0 Å². The first kappa shape index (κ1) is 14.5. The van der Waals surface area contributed by atoms with Crippen LogP contribution in [0, 0.1) is 12.8 Å².